The number of ether oxygens (including phenoxy) is 1. The fraction of sp³-hybridized carbons (Fsp3) is 0.176. The van der Waals surface area contributed by atoms with Crippen molar-refractivity contribution in [1.29, 1.82) is 0 Å². The molecular weight excluding hydrogens is 220 g/mol. The Labute approximate surface area is 108 Å². The molecule has 0 aliphatic carbocycles. The predicted octanol–water partition coefficient (Wildman–Crippen LogP) is 4.03. The number of hydrogen-bond acceptors (Lipinski definition) is 1. The second kappa shape index (κ2) is 6.51. The quantitative estimate of drug-likeness (QED) is 0.731. The van der Waals surface area contributed by atoms with Crippen molar-refractivity contribution < 1.29 is 4.74 Å². The normalized spacial score (nSPS) is 9.39. The third-order valence-corrected chi connectivity index (χ3v) is 2.51. The molecule has 1 heteroatoms. The Morgan fingerprint density at radius 2 is 1.67 bits per heavy atom. The molecule has 0 heterocycles. The summed E-state index contributed by atoms with van der Waals surface area (Å²) in [7, 11) is 0. The predicted molar refractivity (Wildman–Crippen MR) is 74.4 cm³/mol. The number of benzene rings is 2. The van der Waals surface area contributed by atoms with Gasteiger partial charge >= 0.3 is 0 Å². The first-order valence-electron chi connectivity index (χ1n) is 6.14. The molecule has 1 nitrogen and oxygen atoms in total. The smallest absolute Gasteiger partial charge is 0.119 e. The van der Waals surface area contributed by atoms with Gasteiger partial charge in [-0.25, -0.2) is 0 Å². The van der Waals surface area contributed by atoms with E-state index in [0.29, 0.717) is 6.61 Å². The minimum Gasteiger partial charge on any atom is -0.489 e. The second-order valence-electron chi connectivity index (χ2n) is 3.95. The van der Waals surface area contributed by atoms with Crippen LogP contribution >= 0.6 is 0 Å². The highest BCUT2D eigenvalue weighted by Crippen LogP contribution is 2.13. The molecule has 2 aromatic rings. The third-order valence-electron chi connectivity index (χ3n) is 2.51. The molecule has 2 rings (SSSR count). The topological polar surface area (TPSA) is 9.23 Å². The van der Waals surface area contributed by atoms with Gasteiger partial charge in [0.05, 0.1) is 0 Å². The second-order valence-corrected chi connectivity index (χ2v) is 3.95. The van der Waals surface area contributed by atoms with Crippen molar-refractivity contribution in [2.24, 2.45) is 0 Å². The van der Waals surface area contributed by atoms with E-state index in [0.717, 1.165) is 17.7 Å². The lowest BCUT2D eigenvalue weighted by Gasteiger charge is -2.05. The van der Waals surface area contributed by atoms with Crippen LogP contribution in [-0.4, -0.2) is 0 Å². The summed E-state index contributed by atoms with van der Waals surface area (Å²) in [5.74, 6) is 7.02. The van der Waals surface area contributed by atoms with E-state index >= 15 is 0 Å². The van der Waals surface area contributed by atoms with Crippen LogP contribution < -0.4 is 4.74 Å². The summed E-state index contributed by atoms with van der Waals surface area (Å²) < 4.78 is 5.70. The van der Waals surface area contributed by atoms with E-state index in [1.807, 2.05) is 49.4 Å². The number of hydrogen-bond donors (Lipinski definition) is 0. The molecule has 0 radical (unpaired) electrons. The minimum atomic E-state index is 0.598. The lowest BCUT2D eigenvalue weighted by Crippen LogP contribution is -1.94. The first-order chi connectivity index (χ1) is 8.88. The maximum atomic E-state index is 5.70. The lowest BCUT2D eigenvalue weighted by molar-refractivity contribution is 0.306. The fourth-order valence-corrected chi connectivity index (χ4v) is 1.57. The zero-order valence-electron chi connectivity index (χ0n) is 10.5. The monoisotopic (exact) mass is 236 g/mol. The van der Waals surface area contributed by atoms with Crippen LogP contribution in [0.2, 0.25) is 0 Å². The van der Waals surface area contributed by atoms with E-state index in [1.54, 1.807) is 0 Å². The molecule has 0 bridgehead atoms. The summed E-state index contributed by atoms with van der Waals surface area (Å²) in [5.41, 5.74) is 2.20. The van der Waals surface area contributed by atoms with E-state index in [2.05, 4.69) is 24.0 Å². The summed E-state index contributed by atoms with van der Waals surface area (Å²) >= 11 is 0. The van der Waals surface area contributed by atoms with Gasteiger partial charge in [-0.2, -0.15) is 0 Å². The van der Waals surface area contributed by atoms with Crippen LogP contribution in [-0.2, 0) is 6.61 Å². The summed E-state index contributed by atoms with van der Waals surface area (Å²) in [5, 5.41) is 0. The first kappa shape index (κ1) is 12.3. The van der Waals surface area contributed by atoms with Gasteiger partial charge in [-0.1, -0.05) is 49.1 Å². The van der Waals surface area contributed by atoms with Gasteiger partial charge < -0.3 is 4.74 Å². The van der Waals surface area contributed by atoms with Crippen LogP contribution in [0.1, 0.15) is 24.5 Å². The Morgan fingerprint density at radius 3 is 2.33 bits per heavy atom. The van der Waals surface area contributed by atoms with Crippen molar-refractivity contribution in [1.82, 2.24) is 0 Å². The van der Waals surface area contributed by atoms with E-state index in [9.17, 15) is 0 Å². The Morgan fingerprint density at radius 1 is 0.944 bits per heavy atom. The van der Waals surface area contributed by atoms with Crippen LogP contribution in [0.25, 0.3) is 0 Å². The van der Waals surface area contributed by atoms with Gasteiger partial charge in [-0.05, 0) is 29.8 Å². The molecule has 0 unspecified atom stereocenters. The van der Waals surface area contributed by atoms with Crippen LogP contribution in [0.15, 0.2) is 54.6 Å². The summed E-state index contributed by atoms with van der Waals surface area (Å²) in [6.45, 7) is 2.64. The molecule has 0 amide bonds. The van der Waals surface area contributed by atoms with Crippen LogP contribution in [0, 0.1) is 11.8 Å². The molecule has 0 atom stereocenters. The van der Waals surface area contributed by atoms with Crippen molar-refractivity contribution >= 4 is 0 Å². The highest BCUT2D eigenvalue weighted by molar-refractivity contribution is 5.38. The standard InChI is InChI=1S/C17H16O/c1-2-3-7-15-10-12-17(13-11-15)18-14-16-8-5-4-6-9-16/h4-6,8-13H,2,14H2,1H3. The van der Waals surface area contributed by atoms with Crippen LogP contribution in [0.3, 0.4) is 0 Å². The average Bonchev–Trinajstić information content (AvgIpc) is 2.45. The molecule has 0 N–H and O–H groups in total. The molecular formula is C17H16O. The van der Waals surface area contributed by atoms with Gasteiger partial charge in [0, 0.05) is 12.0 Å². The maximum Gasteiger partial charge on any atom is 0.119 e. The minimum absolute atomic E-state index is 0.598. The van der Waals surface area contributed by atoms with Crippen molar-refractivity contribution in [3.63, 3.8) is 0 Å². The highest BCUT2D eigenvalue weighted by atomic mass is 16.5. The average molecular weight is 236 g/mol. The van der Waals surface area contributed by atoms with Crippen molar-refractivity contribution in [2.45, 2.75) is 20.0 Å². The van der Waals surface area contributed by atoms with Gasteiger partial charge in [-0.3, -0.25) is 0 Å². The maximum absolute atomic E-state index is 5.70. The van der Waals surface area contributed by atoms with Gasteiger partial charge in [-0.15, -0.1) is 0 Å². The first-order valence-corrected chi connectivity index (χ1v) is 6.14. The van der Waals surface area contributed by atoms with Gasteiger partial charge in [0.2, 0.25) is 0 Å². The molecule has 0 aliphatic heterocycles. The van der Waals surface area contributed by atoms with E-state index < -0.39 is 0 Å². The van der Waals surface area contributed by atoms with Crippen LogP contribution in [0.4, 0.5) is 0 Å². The zero-order valence-corrected chi connectivity index (χ0v) is 10.5. The SMILES string of the molecule is CCC#Cc1ccc(OCc2ccccc2)cc1. The Balaban J connectivity index is 1.94. The summed E-state index contributed by atoms with van der Waals surface area (Å²) in [6.07, 6.45) is 0.881. The molecule has 0 aliphatic rings. The summed E-state index contributed by atoms with van der Waals surface area (Å²) in [6, 6.07) is 18.0. The lowest BCUT2D eigenvalue weighted by atomic mass is 10.2. The largest absolute Gasteiger partial charge is 0.489 e. The molecule has 0 fully saturated rings. The van der Waals surface area contributed by atoms with Gasteiger partial charge in [0.15, 0.2) is 0 Å². The molecule has 90 valence electrons. The van der Waals surface area contributed by atoms with Gasteiger partial charge in [0.1, 0.15) is 12.4 Å². The fourth-order valence-electron chi connectivity index (χ4n) is 1.57. The molecule has 0 aromatic heterocycles. The van der Waals surface area contributed by atoms with Crippen molar-refractivity contribution in [3.05, 3.63) is 65.7 Å². The Kier molecular flexibility index (Phi) is 4.44. The zero-order chi connectivity index (χ0) is 12.6. The Hall–Kier alpha value is -2.20. The molecule has 0 saturated heterocycles. The highest BCUT2D eigenvalue weighted by Gasteiger charge is 1.95. The third kappa shape index (κ3) is 3.68. The van der Waals surface area contributed by atoms with E-state index in [1.165, 1.54) is 5.56 Å². The molecule has 18 heavy (non-hydrogen) atoms. The van der Waals surface area contributed by atoms with Crippen molar-refractivity contribution in [3.8, 4) is 17.6 Å². The summed E-state index contributed by atoms with van der Waals surface area (Å²) in [4.78, 5) is 0. The molecule has 2 aromatic carbocycles. The molecule has 0 saturated carbocycles. The van der Waals surface area contributed by atoms with E-state index in [4.69, 9.17) is 4.74 Å². The van der Waals surface area contributed by atoms with Crippen molar-refractivity contribution in [2.75, 3.05) is 0 Å². The van der Waals surface area contributed by atoms with Gasteiger partial charge in [0.25, 0.3) is 0 Å². The number of rotatable bonds is 3. The molecule has 0 spiro atoms. The van der Waals surface area contributed by atoms with Crippen LogP contribution in [0.5, 0.6) is 5.75 Å². The van der Waals surface area contributed by atoms with E-state index in [-0.39, 0.29) is 0 Å². The Bertz CT molecular complexity index is 529.